The highest BCUT2D eigenvalue weighted by molar-refractivity contribution is 5.12. The van der Waals surface area contributed by atoms with Gasteiger partial charge in [-0.25, -0.2) is 4.68 Å². The summed E-state index contributed by atoms with van der Waals surface area (Å²) < 4.78 is 7.24. The molecule has 1 aliphatic carbocycles. The Hall–Kier alpha value is -0.940. The first kappa shape index (κ1) is 12.5. The maximum absolute atomic E-state index is 5.61. The minimum atomic E-state index is 0.459. The predicted molar refractivity (Wildman–Crippen MR) is 65.8 cm³/mol. The molecule has 1 fully saturated rings. The van der Waals surface area contributed by atoms with Crippen molar-refractivity contribution in [2.24, 2.45) is 11.7 Å². The average molecular weight is 238 g/mol. The Labute approximate surface area is 102 Å². The smallest absolute Gasteiger partial charge is 0.0872 e. The van der Waals surface area contributed by atoms with E-state index in [-0.39, 0.29) is 0 Å². The van der Waals surface area contributed by atoms with Crippen LogP contribution >= 0.6 is 0 Å². The molecule has 1 saturated carbocycles. The second kappa shape index (κ2) is 5.60. The van der Waals surface area contributed by atoms with E-state index in [2.05, 4.69) is 21.9 Å². The Balaban J connectivity index is 2.17. The number of hydrogen-bond donors (Lipinski definition) is 1. The Kier molecular flexibility index (Phi) is 4.12. The third kappa shape index (κ3) is 2.84. The molecular formula is C12H22N4O. The Morgan fingerprint density at radius 1 is 1.47 bits per heavy atom. The summed E-state index contributed by atoms with van der Waals surface area (Å²) in [5.74, 6) is 0.781. The van der Waals surface area contributed by atoms with Crippen LogP contribution in [0.2, 0.25) is 0 Å². The molecule has 5 heteroatoms. The second-order valence-electron chi connectivity index (χ2n) is 4.79. The number of ether oxygens (including phenoxy) is 1. The Morgan fingerprint density at radius 3 is 2.82 bits per heavy atom. The summed E-state index contributed by atoms with van der Waals surface area (Å²) in [6, 6.07) is 0.459. The van der Waals surface area contributed by atoms with E-state index in [0.717, 1.165) is 24.5 Å². The van der Waals surface area contributed by atoms with E-state index >= 15 is 0 Å². The number of nitrogens with two attached hydrogens (primary N) is 1. The number of hydrogen-bond acceptors (Lipinski definition) is 4. The van der Waals surface area contributed by atoms with Crippen LogP contribution in [0.1, 0.15) is 37.2 Å². The van der Waals surface area contributed by atoms with Crippen molar-refractivity contribution in [1.82, 2.24) is 15.0 Å². The fourth-order valence-electron chi connectivity index (χ4n) is 2.24. The van der Waals surface area contributed by atoms with Gasteiger partial charge in [-0.3, -0.25) is 0 Å². The van der Waals surface area contributed by atoms with Crippen molar-refractivity contribution in [1.29, 1.82) is 0 Å². The van der Waals surface area contributed by atoms with Gasteiger partial charge in [0.1, 0.15) is 0 Å². The fourth-order valence-corrected chi connectivity index (χ4v) is 2.24. The zero-order valence-electron chi connectivity index (χ0n) is 10.7. The first-order chi connectivity index (χ1) is 8.27. The number of methoxy groups -OCH3 is 1. The van der Waals surface area contributed by atoms with Gasteiger partial charge in [0.25, 0.3) is 0 Å². The van der Waals surface area contributed by atoms with E-state index in [0.29, 0.717) is 19.2 Å². The molecule has 0 spiro atoms. The molecule has 1 aromatic heterocycles. The quantitative estimate of drug-likeness (QED) is 0.767. The molecule has 2 rings (SSSR count). The summed E-state index contributed by atoms with van der Waals surface area (Å²) in [4.78, 5) is 0. The molecule has 0 saturated heterocycles. The van der Waals surface area contributed by atoms with E-state index in [1.165, 1.54) is 18.5 Å². The lowest BCUT2D eigenvalue weighted by Gasteiger charge is -2.14. The van der Waals surface area contributed by atoms with Gasteiger partial charge in [-0.1, -0.05) is 5.21 Å². The van der Waals surface area contributed by atoms with Crippen molar-refractivity contribution in [3.63, 3.8) is 0 Å². The lowest BCUT2D eigenvalue weighted by Crippen LogP contribution is -2.15. The Morgan fingerprint density at radius 2 is 2.24 bits per heavy atom. The maximum atomic E-state index is 5.61. The number of aromatic nitrogens is 3. The fraction of sp³-hybridized carbons (Fsp3) is 0.833. The third-order valence-corrected chi connectivity index (χ3v) is 3.49. The van der Waals surface area contributed by atoms with Crippen LogP contribution in [0.15, 0.2) is 0 Å². The van der Waals surface area contributed by atoms with Gasteiger partial charge in [-0.05, 0) is 32.2 Å². The molecule has 1 unspecified atom stereocenters. The van der Waals surface area contributed by atoms with Crippen molar-refractivity contribution in [3.05, 3.63) is 11.4 Å². The van der Waals surface area contributed by atoms with Gasteiger partial charge in [0.05, 0.1) is 24.0 Å². The van der Waals surface area contributed by atoms with E-state index in [1.54, 1.807) is 7.11 Å². The minimum absolute atomic E-state index is 0.459. The van der Waals surface area contributed by atoms with Gasteiger partial charge >= 0.3 is 0 Å². The largest absolute Gasteiger partial charge is 0.384 e. The van der Waals surface area contributed by atoms with Crippen LogP contribution in [0.5, 0.6) is 0 Å². The summed E-state index contributed by atoms with van der Waals surface area (Å²) >= 11 is 0. The van der Waals surface area contributed by atoms with Crippen molar-refractivity contribution in [3.8, 4) is 0 Å². The standard InChI is InChI=1S/C12H22N4O/c1-9(10-3-4-10)16-12(6-8-17-2)11(5-7-13)14-15-16/h9-10H,3-8,13H2,1-2H3. The van der Waals surface area contributed by atoms with Crippen molar-refractivity contribution < 1.29 is 4.74 Å². The lowest BCUT2D eigenvalue weighted by atomic mass is 10.1. The number of nitrogens with zero attached hydrogens (tertiary/aromatic N) is 3. The highest BCUT2D eigenvalue weighted by atomic mass is 16.5. The summed E-state index contributed by atoms with van der Waals surface area (Å²) in [7, 11) is 1.72. The summed E-state index contributed by atoms with van der Waals surface area (Å²) in [5, 5.41) is 8.57. The molecule has 0 aliphatic heterocycles. The van der Waals surface area contributed by atoms with E-state index in [4.69, 9.17) is 10.5 Å². The van der Waals surface area contributed by atoms with Crippen molar-refractivity contribution in [2.75, 3.05) is 20.3 Å². The van der Waals surface area contributed by atoms with Crippen molar-refractivity contribution in [2.45, 2.75) is 38.6 Å². The van der Waals surface area contributed by atoms with Crippen LogP contribution in [-0.2, 0) is 17.6 Å². The normalized spacial score (nSPS) is 17.4. The van der Waals surface area contributed by atoms with Gasteiger partial charge in [0.15, 0.2) is 0 Å². The van der Waals surface area contributed by atoms with E-state index < -0.39 is 0 Å². The molecule has 1 aromatic rings. The molecule has 96 valence electrons. The monoisotopic (exact) mass is 238 g/mol. The topological polar surface area (TPSA) is 66.0 Å². The van der Waals surface area contributed by atoms with Crippen LogP contribution in [0.25, 0.3) is 0 Å². The SMILES string of the molecule is COCCc1c(CCN)nnn1C(C)C1CC1. The van der Waals surface area contributed by atoms with Crippen LogP contribution in [0.3, 0.4) is 0 Å². The van der Waals surface area contributed by atoms with Crippen LogP contribution in [0, 0.1) is 5.92 Å². The zero-order chi connectivity index (χ0) is 12.3. The van der Waals surface area contributed by atoms with Gasteiger partial charge < -0.3 is 10.5 Å². The summed E-state index contributed by atoms with van der Waals surface area (Å²) in [6.07, 6.45) is 4.31. The average Bonchev–Trinajstić information content (AvgIpc) is 3.10. The van der Waals surface area contributed by atoms with Gasteiger partial charge in [0.2, 0.25) is 0 Å². The van der Waals surface area contributed by atoms with E-state index in [9.17, 15) is 0 Å². The van der Waals surface area contributed by atoms with Gasteiger partial charge in [-0.2, -0.15) is 0 Å². The van der Waals surface area contributed by atoms with Crippen LogP contribution in [0.4, 0.5) is 0 Å². The molecule has 1 atom stereocenters. The molecule has 0 bridgehead atoms. The molecule has 5 nitrogen and oxygen atoms in total. The molecule has 0 aromatic carbocycles. The molecule has 1 heterocycles. The molecule has 1 aliphatic rings. The van der Waals surface area contributed by atoms with Gasteiger partial charge in [0, 0.05) is 20.0 Å². The summed E-state index contributed by atoms with van der Waals surface area (Å²) in [6.45, 7) is 3.56. The zero-order valence-corrected chi connectivity index (χ0v) is 10.7. The first-order valence-corrected chi connectivity index (χ1v) is 6.39. The molecular weight excluding hydrogens is 216 g/mol. The first-order valence-electron chi connectivity index (χ1n) is 6.39. The molecule has 0 amide bonds. The van der Waals surface area contributed by atoms with E-state index in [1.807, 2.05) is 0 Å². The van der Waals surface area contributed by atoms with Crippen LogP contribution in [-0.4, -0.2) is 35.3 Å². The molecule has 0 radical (unpaired) electrons. The lowest BCUT2D eigenvalue weighted by molar-refractivity contribution is 0.199. The molecule has 17 heavy (non-hydrogen) atoms. The van der Waals surface area contributed by atoms with Crippen LogP contribution < -0.4 is 5.73 Å². The summed E-state index contributed by atoms with van der Waals surface area (Å²) in [5.41, 5.74) is 7.85. The predicted octanol–water partition coefficient (Wildman–Crippen LogP) is 0.939. The van der Waals surface area contributed by atoms with Gasteiger partial charge in [-0.15, -0.1) is 5.10 Å². The molecule has 2 N–H and O–H groups in total. The minimum Gasteiger partial charge on any atom is -0.384 e. The third-order valence-electron chi connectivity index (χ3n) is 3.49. The maximum Gasteiger partial charge on any atom is 0.0872 e. The highest BCUT2D eigenvalue weighted by Crippen LogP contribution is 2.39. The Bertz CT molecular complexity index is 359. The number of rotatable bonds is 7. The second-order valence-corrected chi connectivity index (χ2v) is 4.79. The highest BCUT2D eigenvalue weighted by Gasteiger charge is 2.31. The van der Waals surface area contributed by atoms with Crippen molar-refractivity contribution >= 4 is 0 Å².